The highest BCUT2D eigenvalue weighted by atomic mass is 16.5. The van der Waals surface area contributed by atoms with Gasteiger partial charge in [-0.2, -0.15) is 0 Å². The van der Waals surface area contributed by atoms with Gasteiger partial charge in [0, 0.05) is 32.2 Å². The monoisotopic (exact) mass is 342 g/mol. The Morgan fingerprint density at radius 1 is 1.32 bits per heavy atom. The van der Waals surface area contributed by atoms with Crippen molar-refractivity contribution in [1.29, 1.82) is 0 Å². The number of aryl methyl sites for hydroxylation is 2. The van der Waals surface area contributed by atoms with Gasteiger partial charge in [0.25, 0.3) is 0 Å². The number of ether oxygens (including phenoxy) is 1. The van der Waals surface area contributed by atoms with E-state index in [9.17, 15) is 4.79 Å². The smallest absolute Gasteiger partial charge is 0.237 e. The molecule has 25 heavy (non-hydrogen) atoms. The molecule has 3 rings (SSSR count). The van der Waals surface area contributed by atoms with Crippen LogP contribution in [0.2, 0.25) is 0 Å². The van der Waals surface area contributed by atoms with E-state index < -0.39 is 6.04 Å². The Bertz CT molecular complexity index is 665. The van der Waals surface area contributed by atoms with Crippen LogP contribution in [0.25, 0.3) is 0 Å². The third-order valence-electron chi connectivity index (χ3n) is 4.78. The van der Waals surface area contributed by atoms with Gasteiger partial charge in [-0.3, -0.25) is 4.79 Å². The number of hydrogen-bond donors (Lipinski definition) is 2. The average molecular weight is 342 g/mol. The maximum absolute atomic E-state index is 12.3. The zero-order chi connectivity index (χ0) is 17.5. The molecule has 0 bridgehead atoms. The maximum Gasteiger partial charge on any atom is 0.237 e. The number of imidazole rings is 1. The van der Waals surface area contributed by atoms with Gasteiger partial charge in [0.2, 0.25) is 5.91 Å². The molecule has 0 aliphatic carbocycles. The molecule has 6 nitrogen and oxygen atoms in total. The van der Waals surface area contributed by atoms with E-state index >= 15 is 0 Å². The SMILES string of the molecule is NC(C(=O)NCc1nccn1CCc1ccccc1)C1CCOCC1. The lowest BCUT2D eigenvalue weighted by Gasteiger charge is -2.26. The largest absolute Gasteiger partial charge is 0.381 e. The van der Waals surface area contributed by atoms with Gasteiger partial charge in [-0.25, -0.2) is 4.98 Å². The number of nitrogens with zero attached hydrogens (tertiary/aromatic N) is 2. The number of nitrogens with two attached hydrogens (primary N) is 1. The van der Waals surface area contributed by atoms with Crippen LogP contribution in [0.4, 0.5) is 0 Å². The Kier molecular flexibility index (Phi) is 6.19. The molecule has 1 aliphatic rings. The first-order chi connectivity index (χ1) is 12.2. The van der Waals surface area contributed by atoms with Crippen molar-refractivity contribution in [2.75, 3.05) is 13.2 Å². The molecular formula is C19H26N4O2. The molecular weight excluding hydrogens is 316 g/mol. The van der Waals surface area contributed by atoms with E-state index in [1.54, 1.807) is 6.20 Å². The van der Waals surface area contributed by atoms with Crippen molar-refractivity contribution in [1.82, 2.24) is 14.9 Å². The molecule has 0 spiro atoms. The van der Waals surface area contributed by atoms with Crippen molar-refractivity contribution < 1.29 is 9.53 Å². The number of hydrogen-bond acceptors (Lipinski definition) is 4. The fraction of sp³-hybridized carbons (Fsp3) is 0.474. The molecule has 1 amide bonds. The summed E-state index contributed by atoms with van der Waals surface area (Å²) in [6.45, 7) is 2.61. The number of aromatic nitrogens is 2. The molecule has 1 aromatic carbocycles. The van der Waals surface area contributed by atoms with Crippen LogP contribution in [-0.4, -0.2) is 34.7 Å². The summed E-state index contributed by atoms with van der Waals surface area (Å²) < 4.78 is 7.40. The molecule has 134 valence electrons. The lowest BCUT2D eigenvalue weighted by molar-refractivity contribution is -0.124. The van der Waals surface area contributed by atoms with Gasteiger partial charge in [0.15, 0.2) is 0 Å². The average Bonchev–Trinajstić information content (AvgIpc) is 3.13. The molecule has 6 heteroatoms. The highest BCUT2D eigenvalue weighted by Crippen LogP contribution is 2.17. The molecule has 2 heterocycles. The Morgan fingerprint density at radius 2 is 2.08 bits per heavy atom. The van der Waals surface area contributed by atoms with Gasteiger partial charge < -0.3 is 20.4 Å². The predicted molar refractivity (Wildman–Crippen MR) is 95.7 cm³/mol. The molecule has 0 radical (unpaired) electrons. The number of carbonyl (C=O) groups excluding carboxylic acids is 1. The third-order valence-corrected chi connectivity index (χ3v) is 4.78. The van der Waals surface area contributed by atoms with Crippen LogP contribution in [0.3, 0.4) is 0 Å². The van der Waals surface area contributed by atoms with Crippen LogP contribution in [0, 0.1) is 5.92 Å². The summed E-state index contributed by atoms with van der Waals surface area (Å²) in [5.41, 5.74) is 7.39. The van der Waals surface area contributed by atoms with Gasteiger partial charge in [-0.05, 0) is 30.7 Å². The standard InChI is InChI=1S/C19H26N4O2/c20-18(16-7-12-25-13-8-16)19(24)22-14-17-21-9-11-23(17)10-6-15-4-2-1-3-5-15/h1-5,9,11,16,18H,6-8,10,12-14,20H2,(H,22,24). The van der Waals surface area contributed by atoms with E-state index in [-0.39, 0.29) is 11.8 Å². The molecule has 1 aliphatic heterocycles. The molecule has 0 saturated carbocycles. The van der Waals surface area contributed by atoms with Crippen LogP contribution >= 0.6 is 0 Å². The summed E-state index contributed by atoms with van der Waals surface area (Å²) in [6.07, 6.45) is 6.34. The third kappa shape index (κ3) is 4.90. The Hall–Kier alpha value is -2.18. The predicted octanol–water partition coefficient (Wildman–Crippen LogP) is 1.50. The van der Waals surface area contributed by atoms with Crippen molar-refractivity contribution in [3.63, 3.8) is 0 Å². The van der Waals surface area contributed by atoms with Crippen molar-refractivity contribution in [2.45, 2.75) is 38.4 Å². The number of benzene rings is 1. The van der Waals surface area contributed by atoms with E-state index in [0.717, 1.165) is 31.6 Å². The van der Waals surface area contributed by atoms with Crippen LogP contribution in [0.5, 0.6) is 0 Å². The molecule has 1 fully saturated rings. The fourth-order valence-electron chi connectivity index (χ4n) is 3.18. The van der Waals surface area contributed by atoms with E-state index in [2.05, 4.69) is 27.0 Å². The minimum absolute atomic E-state index is 0.107. The minimum atomic E-state index is -0.475. The van der Waals surface area contributed by atoms with Crippen LogP contribution in [-0.2, 0) is 29.0 Å². The Morgan fingerprint density at radius 3 is 2.84 bits per heavy atom. The quantitative estimate of drug-likeness (QED) is 0.799. The molecule has 2 aromatic rings. The van der Waals surface area contributed by atoms with Gasteiger partial charge in [-0.1, -0.05) is 30.3 Å². The van der Waals surface area contributed by atoms with Crippen molar-refractivity contribution in [2.24, 2.45) is 11.7 Å². The van der Waals surface area contributed by atoms with Gasteiger partial charge >= 0.3 is 0 Å². The lowest BCUT2D eigenvalue weighted by Crippen LogP contribution is -2.47. The first-order valence-corrected chi connectivity index (χ1v) is 8.89. The number of amides is 1. The van der Waals surface area contributed by atoms with E-state index in [4.69, 9.17) is 10.5 Å². The number of carbonyl (C=O) groups is 1. The van der Waals surface area contributed by atoms with Crippen LogP contribution < -0.4 is 11.1 Å². The molecule has 1 saturated heterocycles. The highest BCUT2D eigenvalue weighted by Gasteiger charge is 2.26. The molecule has 1 aromatic heterocycles. The molecule has 1 unspecified atom stereocenters. The lowest BCUT2D eigenvalue weighted by atomic mass is 9.92. The topological polar surface area (TPSA) is 82.2 Å². The van der Waals surface area contributed by atoms with Gasteiger partial charge in [-0.15, -0.1) is 0 Å². The zero-order valence-electron chi connectivity index (χ0n) is 14.4. The minimum Gasteiger partial charge on any atom is -0.381 e. The Labute approximate surface area is 148 Å². The second-order valence-electron chi connectivity index (χ2n) is 6.47. The Balaban J connectivity index is 1.50. The first-order valence-electron chi connectivity index (χ1n) is 8.89. The van der Waals surface area contributed by atoms with Crippen LogP contribution in [0.15, 0.2) is 42.7 Å². The summed E-state index contributed by atoms with van der Waals surface area (Å²) in [5.74, 6) is 0.944. The second-order valence-corrected chi connectivity index (χ2v) is 6.47. The summed E-state index contributed by atoms with van der Waals surface area (Å²) >= 11 is 0. The van der Waals surface area contributed by atoms with E-state index in [1.807, 2.05) is 24.4 Å². The number of rotatable bonds is 7. The maximum atomic E-state index is 12.3. The molecule has 1 atom stereocenters. The van der Waals surface area contributed by atoms with Gasteiger partial charge in [0.1, 0.15) is 5.82 Å². The number of nitrogens with one attached hydrogen (secondary N) is 1. The summed E-state index contributed by atoms with van der Waals surface area (Å²) in [5, 5.41) is 2.93. The first kappa shape index (κ1) is 17.6. The normalized spacial score (nSPS) is 16.5. The van der Waals surface area contributed by atoms with Crippen LogP contribution in [0.1, 0.15) is 24.2 Å². The second kappa shape index (κ2) is 8.78. The summed E-state index contributed by atoms with van der Waals surface area (Å²) in [6, 6.07) is 9.86. The fourth-order valence-corrected chi connectivity index (χ4v) is 3.18. The van der Waals surface area contributed by atoms with E-state index in [0.29, 0.717) is 19.8 Å². The van der Waals surface area contributed by atoms with E-state index in [1.165, 1.54) is 5.56 Å². The van der Waals surface area contributed by atoms with Crippen molar-refractivity contribution in [3.8, 4) is 0 Å². The van der Waals surface area contributed by atoms with Gasteiger partial charge in [0.05, 0.1) is 12.6 Å². The van der Waals surface area contributed by atoms with Crippen molar-refractivity contribution >= 4 is 5.91 Å². The molecule has 3 N–H and O–H groups in total. The van der Waals surface area contributed by atoms with Crippen molar-refractivity contribution in [3.05, 3.63) is 54.1 Å². The zero-order valence-corrected chi connectivity index (χ0v) is 14.4. The summed E-state index contributed by atoms with van der Waals surface area (Å²) in [7, 11) is 0. The highest BCUT2D eigenvalue weighted by molar-refractivity contribution is 5.81. The summed E-state index contributed by atoms with van der Waals surface area (Å²) in [4.78, 5) is 16.7.